The molecule has 0 radical (unpaired) electrons. The van der Waals surface area contributed by atoms with Crippen molar-refractivity contribution in [1.29, 1.82) is 0 Å². The van der Waals surface area contributed by atoms with E-state index in [0.717, 1.165) is 18.7 Å². The van der Waals surface area contributed by atoms with Gasteiger partial charge in [-0.1, -0.05) is 12.5 Å². The molecule has 0 aliphatic carbocycles. The van der Waals surface area contributed by atoms with Crippen molar-refractivity contribution < 1.29 is 14.5 Å². The van der Waals surface area contributed by atoms with Gasteiger partial charge < -0.3 is 4.74 Å². The number of ether oxygens (including phenoxy) is 1. The number of nitro groups is 1. The Bertz CT molecular complexity index is 510. The molecule has 6 heteroatoms. The molecule has 0 bridgehead atoms. The Morgan fingerprint density at radius 3 is 2.65 bits per heavy atom. The Morgan fingerprint density at radius 1 is 1.35 bits per heavy atom. The molecule has 1 aromatic rings. The average molecular weight is 278 g/mol. The van der Waals surface area contributed by atoms with Crippen LogP contribution in [0.3, 0.4) is 0 Å². The highest BCUT2D eigenvalue weighted by Gasteiger charge is 2.22. The third kappa shape index (κ3) is 3.33. The highest BCUT2D eigenvalue weighted by molar-refractivity contribution is 5.94. The maximum absolute atomic E-state index is 11.6. The molecule has 1 heterocycles. The Hall–Kier alpha value is -1.95. The normalized spacial score (nSPS) is 15.8. The van der Waals surface area contributed by atoms with Gasteiger partial charge >= 0.3 is 5.97 Å². The van der Waals surface area contributed by atoms with Crippen molar-refractivity contribution in [3.05, 3.63) is 39.4 Å². The zero-order valence-corrected chi connectivity index (χ0v) is 11.5. The van der Waals surface area contributed by atoms with Gasteiger partial charge in [-0.2, -0.15) is 0 Å². The van der Waals surface area contributed by atoms with Crippen LogP contribution >= 0.6 is 0 Å². The lowest BCUT2D eigenvalue weighted by atomic mass is 10.1. The lowest BCUT2D eigenvalue weighted by Crippen LogP contribution is -2.29. The van der Waals surface area contributed by atoms with Gasteiger partial charge in [-0.25, -0.2) is 4.79 Å². The summed E-state index contributed by atoms with van der Waals surface area (Å²) in [5.41, 5.74) is 0.712. The number of carbonyl (C=O) groups excluding carboxylic acids is 1. The standard InChI is InChI=1S/C14H18N2O4/c1-20-14(17)12-9-11(5-6-13(12)16(18)19)10-15-7-3-2-4-8-15/h5-6,9H,2-4,7-8,10H2,1H3. The molecule has 1 aliphatic heterocycles. The molecule has 0 atom stereocenters. The molecule has 1 aliphatic rings. The number of methoxy groups -OCH3 is 1. The van der Waals surface area contributed by atoms with Gasteiger partial charge in [0, 0.05) is 12.6 Å². The van der Waals surface area contributed by atoms with Crippen molar-refractivity contribution in [2.75, 3.05) is 20.2 Å². The van der Waals surface area contributed by atoms with E-state index >= 15 is 0 Å². The second kappa shape index (κ2) is 6.47. The van der Waals surface area contributed by atoms with Gasteiger partial charge in [-0.05, 0) is 37.6 Å². The quantitative estimate of drug-likeness (QED) is 0.480. The Kier molecular flexibility index (Phi) is 4.68. The number of rotatable bonds is 4. The van der Waals surface area contributed by atoms with E-state index in [1.165, 1.54) is 32.4 Å². The van der Waals surface area contributed by atoms with E-state index in [-0.39, 0.29) is 11.3 Å². The molecule has 108 valence electrons. The summed E-state index contributed by atoms with van der Waals surface area (Å²) in [6, 6.07) is 4.66. The van der Waals surface area contributed by atoms with Crippen molar-refractivity contribution in [3.8, 4) is 0 Å². The summed E-state index contributed by atoms with van der Waals surface area (Å²) in [6.45, 7) is 2.77. The van der Waals surface area contributed by atoms with Crippen LogP contribution in [0, 0.1) is 10.1 Å². The number of benzene rings is 1. The van der Waals surface area contributed by atoms with Gasteiger partial charge in [0.1, 0.15) is 5.56 Å². The molecule has 20 heavy (non-hydrogen) atoms. The number of nitrogens with zero attached hydrogens (tertiary/aromatic N) is 2. The molecule has 0 spiro atoms. The van der Waals surface area contributed by atoms with Crippen molar-refractivity contribution in [1.82, 2.24) is 4.90 Å². The lowest BCUT2D eigenvalue weighted by molar-refractivity contribution is -0.385. The monoisotopic (exact) mass is 278 g/mol. The zero-order valence-electron chi connectivity index (χ0n) is 11.5. The lowest BCUT2D eigenvalue weighted by Gasteiger charge is -2.26. The molecule has 0 aromatic heterocycles. The molecule has 6 nitrogen and oxygen atoms in total. The predicted molar refractivity (Wildman–Crippen MR) is 73.6 cm³/mol. The van der Waals surface area contributed by atoms with Crippen molar-refractivity contribution >= 4 is 11.7 Å². The fourth-order valence-corrected chi connectivity index (χ4v) is 2.49. The SMILES string of the molecule is COC(=O)c1cc(CN2CCCCC2)ccc1[N+](=O)[O-]. The summed E-state index contributed by atoms with van der Waals surface area (Å²) >= 11 is 0. The molecule has 0 amide bonds. The number of nitro benzene ring substituents is 1. The van der Waals surface area contributed by atoms with E-state index in [0.29, 0.717) is 6.54 Å². The summed E-state index contributed by atoms with van der Waals surface area (Å²) in [7, 11) is 1.23. The minimum absolute atomic E-state index is 0.0204. The molecule has 1 saturated heterocycles. The molecule has 0 unspecified atom stereocenters. The third-order valence-electron chi connectivity index (χ3n) is 3.52. The number of esters is 1. The third-order valence-corrected chi connectivity index (χ3v) is 3.52. The summed E-state index contributed by atoms with van der Waals surface area (Å²) in [5, 5.41) is 10.9. The van der Waals surface area contributed by atoms with Crippen LogP contribution in [-0.4, -0.2) is 36.0 Å². The van der Waals surface area contributed by atoms with Crippen molar-refractivity contribution in [2.45, 2.75) is 25.8 Å². The predicted octanol–water partition coefficient (Wildman–Crippen LogP) is 2.37. The Labute approximate surface area is 117 Å². The maximum Gasteiger partial charge on any atom is 0.344 e. The summed E-state index contributed by atoms with van der Waals surface area (Å²) in [4.78, 5) is 24.3. The topological polar surface area (TPSA) is 72.7 Å². The highest BCUT2D eigenvalue weighted by atomic mass is 16.6. The fourth-order valence-electron chi connectivity index (χ4n) is 2.49. The van der Waals surface area contributed by atoms with Crippen LogP contribution in [0.2, 0.25) is 0 Å². The molecular weight excluding hydrogens is 260 g/mol. The highest BCUT2D eigenvalue weighted by Crippen LogP contribution is 2.22. The van der Waals surface area contributed by atoms with Crippen LogP contribution in [-0.2, 0) is 11.3 Å². The first-order valence-electron chi connectivity index (χ1n) is 6.70. The van der Waals surface area contributed by atoms with E-state index in [4.69, 9.17) is 0 Å². The van der Waals surface area contributed by atoms with Gasteiger partial charge in [0.15, 0.2) is 0 Å². The van der Waals surface area contributed by atoms with Crippen molar-refractivity contribution in [3.63, 3.8) is 0 Å². The smallest absolute Gasteiger partial charge is 0.344 e. The fraction of sp³-hybridized carbons (Fsp3) is 0.500. The molecule has 0 saturated carbocycles. The largest absolute Gasteiger partial charge is 0.465 e. The number of likely N-dealkylation sites (tertiary alicyclic amines) is 1. The van der Waals surface area contributed by atoms with Gasteiger partial charge in [-0.3, -0.25) is 15.0 Å². The number of hydrogen-bond acceptors (Lipinski definition) is 5. The van der Waals surface area contributed by atoms with Crippen LogP contribution in [0.4, 0.5) is 5.69 Å². The van der Waals surface area contributed by atoms with Crippen molar-refractivity contribution in [2.24, 2.45) is 0 Å². The van der Waals surface area contributed by atoms with E-state index < -0.39 is 10.9 Å². The molecule has 0 N–H and O–H groups in total. The second-order valence-electron chi connectivity index (χ2n) is 4.94. The molecule has 1 fully saturated rings. The number of hydrogen-bond donors (Lipinski definition) is 0. The van der Waals surface area contributed by atoms with Gasteiger partial charge in [0.2, 0.25) is 0 Å². The first-order valence-corrected chi connectivity index (χ1v) is 6.70. The van der Waals surface area contributed by atoms with Gasteiger partial charge in [0.05, 0.1) is 12.0 Å². The number of piperidine rings is 1. The van der Waals surface area contributed by atoms with Crippen LogP contribution in [0.1, 0.15) is 35.2 Å². The van der Waals surface area contributed by atoms with Crippen LogP contribution in [0.15, 0.2) is 18.2 Å². The Balaban J connectivity index is 2.22. The van der Waals surface area contributed by atoms with Gasteiger partial charge in [0.25, 0.3) is 5.69 Å². The van der Waals surface area contributed by atoms with E-state index in [9.17, 15) is 14.9 Å². The molecule has 1 aromatic carbocycles. The minimum Gasteiger partial charge on any atom is -0.465 e. The minimum atomic E-state index is -0.669. The molecule has 2 rings (SSSR count). The van der Waals surface area contributed by atoms with Gasteiger partial charge in [-0.15, -0.1) is 0 Å². The van der Waals surface area contributed by atoms with E-state index in [1.807, 2.05) is 0 Å². The number of carbonyl (C=O) groups is 1. The van der Waals surface area contributed by atoms with Crippen LogP contribution in [0.5, 0.6) is 0 Å². The second-order valence-corrected chi connectivity index (χ2v) is 4.94. The van der Waals surface area contributed by atoms with E-state index in [2.05, 4.69) is 9.64 Å². The summed E-state index contributed by atoms with van der Waals surface area (Å²) in [6.07, 6.45) is 3.61. The summed E-state index contributed by atoms with van der Waals surface area (Å²) in [5.74, 6) is -0.669. The first kappa shape index (κ1) is 14.5. The average Bonchev–Trinajstić information content (AvgIpc) is 2.47. The van der Waals surface area contributed by atoms with Crippen LogP contribution in [0.25, 0.3) is 0 Å². The Morgan fingerprint density at radius 2 is 2.05 bits per heavy atom. The first-order chi connectivity index (χ1) is 9.61. The summed E-state index contributed by atoms with van der Waals surface area (Å²) < 4.78 is 4.62. The maximum atomic E-state index is 11.6. The zero-order chi connectivity index (χ0) is 14.5. The molecular formula is C14H18N2O4. The van der Waals surface area contributed by atoms with E-state index in [1.54, 1.807) is 12.1 Å². The van der Waals surface area contributed by atoms with Crippen LogP contribution < -0.4 is 0 Å².